The van der Waals surface area contributed by atoms with Crippen LogP contribution in [0.15, 0.2) is 46.9 Å². The lowest BCUT2D eigenvalue weighted by molar-refractivity contribution is 0.507. The molecule has 0 fully saturated rings. The zero-order valence-corrected chi connectivity index (χ0v) is 13.4. The summed E-state index contributed by atoms with van der Waals surface area (Å²) in [6.45, 7) is 4.92. The lowest BCUT2D eigenvalue weighted by Crippen LogP contribution is -2.24. The van der Waals surface area contributed by atoms with E-state index in [1.807, 2.05) is 19.1 Å². The molecule has 2 aromatic carbocycles. The van der Waals surface area contributed by atoms with E-state index in [0.29, 0.717) is 5.56 Å². The molecule has 3 heteroatoms. The minimum atomic E-state index is -0.169. The fraction of sp³-hybridized carbons (Fsp3) is 0.294. The van der Waals surface area contributed by atoms with Crippen LogP contribution in [-0.2, 0) is 6.42 Å². The molecule has 0 saturated heterocycles. The number of aryl methyl sites for hydroxylation is 1. The van der Waals surface area contributed by atoms with Crippen LogP contribution in [0, 0.1) is 12.7 Å². The Morgan fingerprint density at radius 1 is 1.20 bits per heavy atom. The summed E-state index contributed by atoms with van der Waals surface area (Å²) in [5.41, 5.74) is 3.15. The maximum Gasteiger partial charge on any atom is 0.129 e. The van der Waals surface area contributed by atoms with Gasteiger partial charge >= 0.3 is 0 Å². The molecule has 20 heavy (non-hydrogen) atoms. The molecule has 1 unspecified atom stereocenters. The Bertz CT molecular complexity index is 563. The van der Waals surface area contributed by atoms with Gasteiger partial charge in [-0.3, -0.25) is 0 Å². The highest BCUT2D eigenvalue weighted by atomic mass is 79.9. The normalized spacial score (nSPS) is 12.4. The van der Waals surface area contributed by atoms with Gasteiger partial charge in [0.05, 0.1) is 0 Å². The van der Waals surface area contributed by atoms with Gasteiger partial charge in [0.1, 0.15) is 5.82 Å². The van der Waals surface area contributed by atoms with Crippen LogP contribution in [0.4, 0.5) is 4.39 Å². The van der Waals surface area contributed by atoms with Crippen LogP contribution in [0.5, 0.6) is 0 Å². The standard InChI is InChI=1S/C17H19BrFN/c1-3-20-16(11-13-7-4-6-12(2)10-13)17-14(18)8-5-9-15(17)19/h4-10,16,20H,3,11H2,1-2H3. The average molecular weight is 336 g/mol. The molecule has 0 bridgehead atoms. The molecule has 0 radical (unpaired) electrons. The van der Waals surface area contributed by atoms with Gasteiger partial charge < -0.3 is 5.32 Å². The van der Waals surface area contributed by atoms with E-state index < -0.39 is 0 Å². The molecule has 1 atom stereocenters. The van der Waals surface area contributed by atoms with Crippen LogP contribution in [0.2, 0.25) is 0 Å². The quantitative estimate of drug-likeness (QED) is 0.828. The highest BCUT2D eigenvalue weighted by Gasteiger charge is 2.18. The molecule has 2 rings (SSSR count). The Morgan fingerprint density at radius 3 is 2.60 bits per heavy atom. The molecule has 0 spiro atoms. The number of nitrogens with one attached hydrogen (secondary N) is 1. The lowest BCUT2D eigenvalue weighted by Gasteiger charge is -2.20. The summed E-state index contributed by atoms with van der Waals surface area (Å²) < 4.78 is 15.0. The van der Waals surface area contributed by atoms with Gasteiger partial charge in [-0.05, 0) is 37.6 Å². The molecular formula is C17H19BrFN. The molecule has 1 nitrogen and oxygen atoms in total. The number of hydrogen-bond donors (Lipinski definition) is 1. The molecule has 0 aliphatic carbocycles. The summed E-state index contributed by atoms with van der Waals surface area (Å²) in [5.74, 6) is -0.169. The van der Waals surface area contributed by atoms with Crippen molar-refractivity contribution in [2.45, 2.75) is 26.3 Å². The van der Waals surface area contributed by atoms with Crippen molar-refractivity contribution in [3.63, 3.8) is 0 Å². The first-order valence-electron chi connectivity index (χ1n) is 6.84. The third-order valence-electron chi connectivity index (χ3n) is 3.32. The Morgan fingerprint density at radius 2 is 1.95 bits per heavy atom. The molecule has 106 valence electrons. The highest BCUT2D eigenvalue weighted by molar-refractivity contribution is 9.10. The monoisotopic (exact) mass is 335 g/mol. The van der Waals surface area contributed by atoms with Gasteiger partial charge in [-0.15, -0.1) is 0 Å². The van der Waals surface area contributed by atoms with Crippen molar-refractivity contribution < 1.29 is 4.39 Å². The van der Waals surface area contributed by atoms with Gasteiger partial charge in [-0.25, -0.2) is 4.39 Å². The van der Waals surface area contributed by atoms with Crippen LogP contribution in [0.3, 0.4) is 0 Å². The van der Waals surface area contributed by atoms with Crippen LogP contribution in [0.1, 0.15) is 29.7 Å². The maximum atomic E-state index is 14.1. The third kappa shape index (κ3) is 3.68. The van der Waals surface area contributed by atoms with Gasteiger partial charge in [0.25, 0.3) is 0 Å². The van der Waals surface area contributed by atoms with Crippen LogP contribution in [-0.4, -0.2) is 6.54 Å². The first-order chi connectivity index (χ1) is 9.61. The Hall–Kier alpha value is -1.19. The van der Waals surface area contributed by atoms with Gasteiger partial charge in [-0.1, -0.05) is 58.7 Å². The summed E-state index contributed by atoms with van der Waals surface area (Å²) >= 11 is 3.47. The molecule has 0 saturated carbocycles. The van der Waals surface area contributed by atoms with Gasteiger partial charge in [0, 0.05) is 16.1 Å². The van der Waals surface area contributed by atoms with Crippen molar-refractivity contribution in [3.8, 4) is 0 Å². The van der Waals surface area contributed by atoms with E-state index >= 15 is 0 Å². The summed E-state index contributed by atoms with van der Waals surface area (Å²) in [4.78, 5) is 0. The van der Waals surface area contributed by atoms with Gasteiger partial charge in [-0.2, -0.15) is 0 Å². The van der Waals surface area contributed by atoms with E-state index in [4.69, 9.17) is 0 Å². The van der Waals surface area contributed by atoms with Crippen LogP contribution in [0.25, 0.3) is 0 Å². The minimum absolute atomic E-state index is 0.0302. The first kappa shape index (κ1) is 15.2. The van der Waals surface area contributed by atoms with Crippen molar-refractivity contribution in [2.75, 3.05) is 6.54 Å². The first-order valence-corrected chi connectivity index (χ1v) is 7.64. The van der Waals surface area contributed by atoms with Crippen molar-refractivity contribution >= 4 is 15.9 Å². The van der Waals surface area contributed by atoms with Crippen molar-refractivity contribution in [1.29, 1.82) is 0 Å². The summed E-state index contributed by atoms with van der Waals surface area (Å²) in [5, 5.41) is 3.38. The van der Waals surface area contributed by atoms with Gasteiger partial charge in [0.2, 0.25) is 0 Å². The Kier molecular flexibility index (Phi) is 5.32. The van der Waals surface area contributed by atoms with Crippen molar-refractivity contribution in [3.05, 3.63) is 69.4 Å². The number of likely N-dealkylation sites (N-methyl/N-ethyl adjacent to an activating group) is 1. The Balaban J connectivity index is 2.32. The van der Waals surface area contributed by atoms with E-state index in [1.165, 1.54) is 17.2 Å². The molecule has 0 heterocycles. The summed E-state index contributed by atoms with van der Waals surface area (Å²) in [7, 11) is 0. The van der Waals surface area contributed by atoms with E-state index in [2.05, 4.69) is 46.4 Å². The number of benzene rings is 2. The third-order valence-corrected chi connectivity index (χ3v) is 4.01. The molecule has 0 amide bonds. The Labute approximate surface area is 128 Å². The second kappa shape index (κ2) is 7.00. The SMILES string of the molecule is CCNC(Cc1cccc(C)c1)c1c(F)cccc1Br. The van der Waals surface area contributed by atoms with Crippen molar-refractivity contribution in [2.24, 2.45) is 0 Å². The van der Waals surface area contributed by atoms with E-state index in [1.54, 1.807) is 6.07 Å². The van der Waals surface area contributed by atoms with Crippen LogP contribution >= 0.6 is 15.9 Å². The number of rotatable bonds is 5. The second-order valence-electron chi connectivity index (χ2n) is 4.94. The largest absolute Gasteiger partial charge is 0.310 e. The average Bonchev–Trinajstić information content (AvgIpc) is 2.38. The van der Waals surface area contributed by atoms with Crippen LogP contribution < -0.4 is 5.32 Å². The zero-order chi connectivity index (χ0) is 14.5. The molecule has 0 aromatic heterocycles. The van der Waals surface area contributed by atoms with E-state index in [-0.39, 0.29) is 11.9 Å². The topological polar surface area (TPSA) is 12.0 Å². The van der Waals surface area contributed by atoms with E-state index in [9.17, 15) is 4.39 Å². The smallest absolute Gasteiger partial charge is 0.129 e. The summed E-state index contributed by atoms with van der Waals surface area (Å²) in [6, 6.07) is 13.5. The fourth-order valence-corrected chi connectivity index (χ4v) is 3.06. The second-order valence-corrected chi connectivity index (χ2v) is 5.79. The predicted octanol–water partition coefficient (Wildman–Crippen LogP) is 4.79. The zero-order valence-electron chi connectivity index (χ0n) is 11.8. The molecular weight excluding hydrogens is 317 g/mol. The van der Waals surface area contributed by atoms with E-state index in [0.717, 1.165) is 17.4 Å². The molecule has 1 N–H and O–H groups in total. The predicted molar refractivity (Wildman–Crippen MR) is 85.4 cm³/mol. The maximum absolute atomic E-state index is 14.1. The molecule has 2 aromatic rings. The molecule has 0 aliphatic rings. The fourth-order valence-electron chi connectivity index (χ4n) is 2.44. The lowest BCUT2D eigenvalue weighted by atomic mass is 9.97. The highest BCUT2D eigenvalue weighted by Crippen LogP contribution is 2.28. The number of hydrogen-bond acceptors (Lipinski definition) is 1. The van der Waals surface area contributed by atoms with Crippen molar-refractivity contribution in [1.82, 2.24) is 5.32 Å². The number of halogens is 2. The molecule has 0 aliphatic heterocycles. The van der Waals surface area contributed by atoms with Gasteiger partial charge in [0.15, 0.2) is 0 Å². The minimum Gasteiger partial charge on any atom is -0.310 e. The summed E-state index contributed by atoms with van der Waals surface area (Å²) in [6.07, 6.45) is 0.773.